The van der Waals surface area contributed by atoms with E-state index in [1.807, 2.05) is 41.9 Å². The molecule has 1 aliphatic carbocycles. The second-order valence-electron chi connectivity index (χ2n) is 15.8. The van der Waals surface area contributed by atoms with Crippen molar-refractivity contribution in [2.45, 2.75) is 51.9 Å². The van der Waals surface area contributed by atoms with Crippen molar-refractivity contribution >= 4 is 17.9 Å². The Kier molecular flexibility index (Phi) is 30.2. The van der Waals surface area contributed by atoms with Crippen molar-refractivity contribution in [2.75, 3.05) is 129 Å². The summed E-state index contributed by atoms with van der Waals surface area (Å²) in [5.41, 5.74) is 8.80. The van der Waals surface area contributed by atoms with Crippen LogP contribution in [0.5, 0.6) is 0 Å². The van der Waals surface area contributed by atoms with Gasteiger partial charge in [-0.1, -0.05) is 20.8 Å². The van der Waals surface area contributed by atoms with Gasteiger partial charge >= 0.3 is 0 Å². The number of rotatable bonds is 19. The Morgan fingerprint density at radius 2 is 1.32 bits per heavy atom. The fourth-order valence-electron chi connectivity index (χ4n) is 3.88. The quantitative estimate of drug-likeness (QED) is 0.0534. The van der Waals surface area contributed by atoms with E-state index in [1.165, 1.54) is 0 Å². The van der Waals surface area contributed by atoms with Gasteiger partial charge in [0.2, 0.25) is 0 Å². The van der Waals surface area contributed by atoms with Gasteiger partial charge in [0.1, 0.15) is 31.8 Å². The molecule has 302 valence electrons. The lowest BCUT2D eigenvalue weighted by atomic mass is 9.95. The Morgan fingerprint density at radius 1 is 0.860 bits per heavy atom. The minimum atomic E-state index is -1.22. The molecular weight excluding hydrogens is 658 g/mol. The lowest BCUT2D eigenvalue weighted by Crippen LogP contribution is -2.51. The van der Waals surface area contributed by atoms with Crippen LogP contribution in [0, 0.1) is 17.3 Å². The summed E-state index contributed by atoms with van der Waals surface area (Å²) in [5.74, 6) is -3.00. The maximum Gasteiger partial charge on any atom is 0.117 e. The van der Waals surface area contributed by atoms with Crippen LogP contribution < -0.4 is 26.8 Å². The molecule has 0 spiro atoms. The fraction of sp³-hybridized carbons (Fsp3) is 0.909. The molecular formula is C33H73N5O12. The van der Waals surface area contributed by atoms with Crippen LogP contribution in [0.1, 0.15) is 33.6 Å². The highest BCUT2D eigenvalue weighted by molar-refractivity contribution is 5.77. The number of carbonyl (C=O) groups excluding carboxylic acids is 3. The van der Waals surface area contributed by atoms with Crippen molar-refractivity contribution in [3.8, 4) is 0 Å². The number of hydrogen-bond acceptors (Lipinski definition) is 14. The third-order valence-corrected chi connectivity index (χ3v) is 6.83. The van der Waals surface area contributed by atoms with Gasteiger partial charge in [-0.3, -0.25) is 0 Å². The van der Waals surface area contributed by atoms with Gasteiger partial charge in [-0.25, -0.2) is 0 Å². The minimum absolute atomic E-state index is 0.0859. The van der Waals surface area contributed by atoms with Crippen LogP contribution in [0.15, 0.2) is 0 Å². The molecule has 0 aromatic carbocycles. The fourth-order valence-corrected chi connectivity index (χ4v) is 3.88. The lowest BCUT2D eigenvalue weighted by Gasteiger charge is -2.34. The molecule has 1 saturated carbocycles. The number of ether oxygens (including phenoxy) is 2. The van der Waals surface area contributed by atoms with Gasteiger partial charge in [0.05, 0.1) is 121 Å². The molecule has 17 nitrogen and oxygen atoms in total. The normalized spacial score (nSPS) is 18.7. The van der Waals surface area contributed by atoms with E-state index in [2.05, 4.69) is 48.0 Å². The Hall–Kier alpha value is -2.03. The third kappa shape index (κ3) is 34.4. The van der Waals surface area contributed by atoms with Crippen molar-refractivity contribution in [1.82, 2.24) is 0 Å². The third-order valence-electron chi connectivity index (χ3n) is 6.83. The van der Waals surface area contributed by atoms with Crippen LogP contribution in [0.2, 0.25) is 0 Å². The van der Waals surface area contributed by atoms with Gasteiger partial charge in [0.25, 0.3) is 0 Å². The molecule has 4 unspecified atom stereocenters. The van der Waals surface area contributed by atoms with Crippen molar-refractivity contribution in [1.29, 1.82) is 0 Å². The van der Waals surface area contributed by atoms with Crippen molar-refractivity contribution in [3.05, 3.63) is 0 Å². The zero-order valence-electron chi connectivity index (χ0n) is 32.9. The second-order valence-corrected chi connectivity index (χ2v) is 15.8. The van der Waals surface area contributed by atoms with E-state index in [-0.39, 0.29) is 45.5 Å². The predicted molar refractivity (Wildman–Crippen MR) is 184 cm³/mol. The van der Waals surface area contributed by atoms with Gasteiger partial charge < -0.3 is 84.5 Å². The van der Waals surface area contributed by atoms with Crippen LogP contribution in [0.25, 0.3) is 0 Å². The number of hydrogen-bond donors (Lipinski definition) is 6. The van der Waals surface area contributed by atoms with Crippen LogP contribution in [-0.4, -0.2) is 199 Å². The number of aliphatic carboxylic acids is 3. The number of aliphatic hydroxyl groups is 4. The molecule has 0 saturated heterocycles. The first-order valence-electron chi connectivity index (χ1n) is 16.8. The molecule has 0 aromatic heterocycles. The summed E-state index contributed by atoms with van der Waals surface area (Å²) >= 11 is 0. The van der Waals surface area contributed by atoms with Gasteiger partial charge in [-0.05, 0) is 24.7 Å². The minimum Gasteiger partial charge on any atom is -0.549 e. The van der Waals surface area contributed by atoms with Crippen LogP contribution in [-0.2, 0) is 23.9 Å². The molecule has 0 aliphatic heterocycles. The summed E-state index contributed by atoms with van der Waals surface area (Å²) in [6, 6.07) is -0.801. The summed E-state index contributed by atoms with van der Waals surface area (Å²) in [5, 5.41) is 65.0. The number of carboxylic acid groups (broad SMARTS) is 3. The molecule has 0 bridgehead atoms. The average molecular weight is 732 g/mol. The molecule has 5 atom stereocenters. The first kappa shape index (κ1) is 54.7. The van der Waals surface area contributed by atoms with E-state index in [1.54, 1.807) is 0 Å². The zero-order chi connectivity index (χ0) is 40.5. The van der Waals surface area contributed by atoms with E-state index < -0.39 is 41.6 Å². The Balaban J connectivity index is -0.000000282. The molecule has 0 aromatic rings. The molecule has 0 heterocycles. The number of quaternary nitrogens is 3. The number of carboxylic acids is 3. The molecule has 8 N–H and O–H groups in total. The monoisotopic (exact) mass is 732 g/mol. The van der Waals surface area contributed by atoms with Crippen LogP contribution >= 0.6 is 0 Å². The highest BCUT2D eigenvalue weighted by atomic mass is 16.5. The average Bonchev–Trinajstić information content (AvgIpc) is 3.64. The topological polar surface area (TPSA) is 272 Å². The van der Waals surface area contributed by atoms with E-state index in [0.29, 0.717) is 36.4 Å². The molecule has 1 fully saturated rings. The maximum atomic E-state index is 11.3. The van der Waals surface area contributed by atoms with E-state index in [9.17, 15) is 19.8 Å². The number of aliphatic hydroxyl groups excluding tert-OH is 4. The Labute approximate surface area is 300 Å². The molecule has 0 amide bonds. The smallest absolute Gasteiger partial charge is 0.117 e. The Bertz CT molecular complexity index is 892. The summed E-state index contributed by atoms with van der Waals surface area (Å²) in [4.78, 5) is 30.5. The van der Waals surface area contributed by atoms with E-state index in [0.717, 1.165) is 22.1 Å². The van der Waals surface area contributed by atoms with Crippen molar-refractivity contribution in [2.24, 2.45) is 28.7 Å². The van der Waals surface area contributed by atoms with Crippen LogP contribution in [0.3, 0.4) is 0 Å². The highest BCUT2D eigenvalue weighted by Gasteiger charge is 2.59. The Morgan fingerprint density at radius 3 is 1.54 bits per heavy atom. The first-order valence-corrected chi connectivity index (χ1v) is 16.8. The summed E-state index contributed by atoms with van der Waals surface area (Å²) in [6.07, 6.45) is -0.0413. The summed E-state index contributed by atoms with van der Waals surface area (Å²) < 4.78 is 13.0. The summed E-state index contributed by atoms with van der Waals surface area (Å²) in [7, 11) is 18.4. The number of likely N-dealkylation sites (N-methyl/N-ethyl adjacent to an activating group) is 3. The molecule has 0 radical (unpaired) electrons. The second kappa shape index (κ2) is 27.6. The largest absolute Gasteiger partial charge is 0.549 e. The first-order chi connectivity index (χ1) is 22.6. The van der Waals surface area contributed by atoms with Gasteiger partial charge in [-0.2, -0.15) is 0 Å². The van der Waals surface area contributed by atoms with E-state index >= 15 is 0 Å². The standard InChI is InChI=1S/C12H23NO4.C8H20NO3.C6H13NO2.C5H14NO.C2H5NO2/c1-9-7-12(9,11(15)16)10(17-6-5-14)8-13(2,3)4;1-9(2,3)4-5-12-7-8(11)6-10;1-4(2)3-5(7)6(8)9;1-6(2,3)4-5-7;3-1-2(4)5/h9-10,14H,5-8H2,1-4H3;8,10-11H,4-7H2,1-3H3;4-5H,3,7H2,1-2H3,(H,8,9);7H,4-5H2,1-3H3;1,3H2,(H,4,5)/q;+1;;+1;/p-2/t;;5-;;/m..0../s1. The maximum absolute atomic E-state index is 11.3. The van der Waals surface area contributed by atoms with Crippen LogP contribution in [0.4, 0.5) is 0 Å². The molecule has 17 heteroatoms. The molecule has 1 rings (SSSR count). The number of nitrogens with two attached hydrogens (primary N) is 2. The van der Waals surface area contributed by atoms with Crippen molar-refractivity contribution < 1.29 is 73.1 Å². The van der Waals surface area contributed by atoms with Crippen molar-refractivity contribution in [3.63, 3.8) is 0 Å². The molecule has 1 aliphatic rings. The lowest BCUT2D eigenvalue weighted by molar-refractivity contribution is -0.874. The summed E-state index contributed by atoms with van der Waals surface area (Å²) in [6.45, 7) is 8.64. The van der Waals surface area contributed by atoms with Gasteiger partial charge in [-0.15, -0.1) is 0 Å². The SMILES string of the molecule is CC(C)C[C@H](N)C(=O)[O-].CC1CC1(C(=O)[O-])C(C[N+](C)(C)C)OCCO.C[N+](C)(C)CCO.C[N+](C)(C)CCOCC(O)CO.NCC(=O)[O-]. The zero-order valence-corrected chi connectivity index (χ0v) is 32.9. The number of carbonyl (C=O) groups is 3. The predicted octanol–water partition coefficient (Wildman–Crippen LogP) is -5.60. The molecule has 50 heavy (non-hydrogen) atoms. The highest BCUT2D eigenvalue weighted by Crippen LogP contribution is 2.55. The van der Waals surface area contributed by atoms with E-state index in [4.69, 9.17) is 45.5 Å². The van der Waals surface area contributed by atoms with Gasteiger partial charge in [0, 0.05) is 18.0 Å². The number of nitrogens with zero attached hydrogens (tertiary/aromatic N) is 3. The van der Waals surface area contributed by atoms with Gasteiger partial charge in [0.15, 0.2) is 0 Å².